The summed E-state index contributed by atoms with van der Waals surface area (Å²) in [5, 5.41) is 0. The number of hydrogen-bond acceptors (Lipinski definition) is 2. The largest absolute Gasteiger partial charge is 0.371 e. The van der Waals surface area contributed by atoms with Gasteiger partial charge in [0.2, 0.25) is 0 Å². The Bertz CT molecular complexity index is 456. The lowest BCUT2D eigenvalue weighted by Gasteiger charge is -2.39. The molecule has 0 aliphatic carbocycles. The number of halogens is 1. The average Bonchev–Trinajstić information content (AvgIpc) is 2.32. The van der Waals surface area contributed by atoms with Gasteiger partial charge >= 0.3 is 0 Å². The van der Waals surface area contributed by atoms with E-state index < -0.39 is 0 Å². The minimum absolute atomic E-state index is 0.139. The van der Waals surface area contributed by atoms with E-state index in [2.05, 4.69) is 18.7 Å². The van der Waals surface area contributed by atoms with E-state index in [0.717, 1.165) is 24.3 Å². The second-order valence-electron chi connectivity index (χ2n) is 6.60. The van der Waals surface area contributed by atoms with Crippen molar-refractivity contribution < 1.29 is 4.39 Å². The Morgan fingerprint density at radius 2 is 1.84 bits per heavy atom. The van der Waals surface area contributed by atoms with Crippen LogP contribution in [0.2, 0.25) is 0 Å². The van der Waals surface area contributed by atoms with Gasteiger partial charge in [0.25, 0.3) is 0 Å². The van der Waals surface area contributed by atoms with E-state index in [1.165, 1.54) is 12.8 Å². The minimum atomic E-state index is -0.159. The monoisotopic (exact) mass is 264 g/mol. The summed E-state index contributed by atoms with van der Waals surface area (Å²) in [4.78, 5) is 2.36. The fourth-order valence-corrected chi connectivity index (χ4v) is 2.67. The summed E-state index contributed by atoms with van der Waals surface area (Å²) in [6.07, 6.45) is 2.34. The third-order valence-corrected chi connectivity index (χ3v) is 4.26. The Morgan fingerprint density at radius 3 is 2.37 bits per heavy atom. The molecule has 1 saturated heterocycles. The fraction of sp³-hybridized carbons (Fsp3) is 0.625. The van der Waals surface area contributed by atoms with E-state index in [4.69, 9.17) is 5.73 Å². The quantitative estimate of drug-likeness (QED) is 0.880. The Balaban J connectivity index is 2.31. The van der Waals surface area contributed by atoms with Crippen molar-refractivity contribution in [3.8, 4) is 0 Å². The van der Waals surface area contributed by atoms with Gasteiger partial charge in [0.05, 0.1) is 0 Å². The minimum Gasteiger partial charge on any atom is -0.371 e. The predicted octanol–water partition coefficient (Wildman–Crippen LogP) is 3.78. The van der Waals surface area contributed by atoms with Crippen LogP contribution in [0.1, 0.15) is 50.8 Å². The zero-order valence-corrected chi connectivity index (χ0v) is 12.5. The van der Waals surface area contributed by atoms with Crippen LogP contribution in [0.3, 0.4) is 0 Å². The lowest BCUT2D eigenvalue weighted by atomic mass is 9.82. The smallest absolute Gasteiger partial charge is 0.126 e. The lowest BCUT2D eigenvalue weighted by molar-refractivity contribution is 0.279. The first-order valence-corrected chi connectivity index (χ1v) is 7.11. The van der Waals surface area contributed by atoms with Gasteiger partial charge < -0.3 is 10.6 Å². The molecule has 1 aromatic rings. The maximum Gasteiger partial charge on any atom is 0.126 e. The van der Waals surface area contributed by atoms with E-state index in [1.54, 1.807) is 6.07 Å². The SMILES string of the molecule is Cc1cc(N2CCC(C)(C)CC2)c([C@H](C)N)cc1F. The topological polar surface area (TPSA) is 29.3 Å². The second kappa shape index (κ2) is 5.12. The Hall–Kier alpha value is -1.09. The molecular formula is C16H25FN2. The van der Waals surface area contributed by atoms with Gasteiger partial charge in [-0.05, 0) is 55.4 Å². The zero-order valence-electron chi connectivity index (χ0n) is 12.5. The Labute approximate surface area is 115 Å². The molecule has 106 valence electrons. The van der Waals surface area contributed by atoms with Gasteiger partial charge in [-0.1, -0.05) is 13.8 Å². The molecule has 1 aliphatic heterocycles. The van der Waals surface area contributed by atoms with Crippen LogP contribution >= 0.6 is 0 Å². The van der Waals surface area contributed by atoms with Gasteiger partial charge in [-0.15, -0.1) is 0 Å². The normalized spacial score (nSPS) is 20.4. The second-order valence-corrected chi connectivity index (χ2v) is 6.60. The summed E-state index contributed by atoms with van der Waals surface area (Å²) >= 11 is 0. The van der Waals surface area contributed by atoms with Crippen molar-refractivity contribution in [1.82, 2.24) is 0 Å². The number of anilines is 1. The lowest BCUT2D eigenvalue weighted by Crippen LogP contribution is -2.38. The Kier molecular flexibility index (Phi) is 3.86. The molecule has 0 unspecified atom stereocenters. The van der Waals surface area contributed by atoms with Crippen molar-refractivity contribution >= 4 is 5.69 Å². The first-order valence-electron chi connectivity index (χ1n) is 7.11. The maximum absolute atomic E-state index is 13.7. The van der Waals surface area contributed by atoms with Crippen molar-refractivity contribution in [3.63, 3.8) is 0 Å². The van der Waals surface area contributed by atoms with Crippen LogP contribution in [0.15, 0.2) is 12.1 Å². The average molecular weight is 264 g/mol. The highest BCUT2D eigenvalue weighted by atomic mass is 19.1. The Morgan fingerprint density at radius 1 is 1.26 bits per heavy atom. The first-order chi connectivity index (χ1) is 8.80. The van der Waals surface area contributed by atoms with Gasteiger partial charge in [-0.2, -0.15) is 0 Å². The number of aryl methyl sites for hydroxylation is 1. The molecule has 2 N–H and O–H groups in total. The molecule has 2 nitrogen and oxygen atoms in total. The molecule has 0 saturated carbocycles. The van der Waals surface area contributed by atoms with E-state index in [-0.39, 0.29) is 11.9 Å². The summed E-state index contributed by atoms with van der Waals surface area (Å²) in [7, 11) is 0. The van der Waals surface area contributed by atoms with Crippen LogP contribution in [-0.2, 0) is 0 Å². The summed E-state index contributed by atoms with van der Waals surface area (Å²) in [6.45, 7) is 10.4. The van der Waals surface area contributed by atoms with Gasteiger partial charge in [0.15, 0.2) is 0 Å². The highest BCUT2D eigenvalue weighted by molar-refractivity contribution is 5.57. The van der Waals surface area contributed by atoms with Crippen LogP contribution in [0.5, 0.6) is 0 Å². The zero-order chi connectivity index (χ0) is 14.2. The standard InChI is InChI=1S/C16H25FN2/c1-11-9-15(13(12(2)18)10-14(11)17)19-7-5-16(3,4)6-8-19/h9-10,12H,5-8,18H2,1-4H3/t12-/m0/s1. The molecule has 19 heavy (non-hydrogen) atoms. The molecule has 3 heteroatoms. The number of nitrogens with zero attached hydrogens (tertiary/aromatic N) is 1. The van der Waals surface area contributed by atoms with Gasteiger partial charge in [0.1, 0.15) is 5.82 Å². The van der Waals surface area contributed by atoms with E-state index in [9.17, 15) is 4.39 Å². The number of benzene rings is 1. The molecule has 1 heterocycles. The molecule has 0 bridgehead atoms. The molecule has 1 atom stereocenters. The summed E-state index contributed by atoms with van der Waals surface area (Å²) < 4.78 is 13.7. The van der Waals surface area contributed by atoms with Crippen molar-refractivity contribution in [2.45, 2.75) is 46.6 Å². The molecule has 2 rings (SSSR count). The number of hydrogen-bond donors (Lipinski definition) is 1. The molecule has 1 fully saturated rings. The van der Waals surface area contributed by atoms with Gasteiger partial charge in [-0.25, -0.2) is 4.39 Å². The van der Waals surface area contributed by atoms with Crippen molar-refractivity contribution in [2.75, 3.05) is 18.0 Å². The third-order valence-electron chi connectivity index (χ3n) is 4.26. The molecule has 0 amide bonds. The molecule has 0 radical (unpaired) electrons. The van der Waals surface area contributed by atoms with E-state index >= 15 is 0 Å². The summed E-state index contributed by atoms with van der Waals surface area (Å²) in [5.74, 6) is -0.159. The van der Waals surface area contributed by atoms with Gasteiger partial charge in [0, 0.05) is 24.8 Å². The maximum atomic E-state index is 13.7. The highest BCUT2D eigenvalue weighted by Gasteiger charge is 2.27. The van der Waals surface area contributed by atoms with Crippen molar-refractivity contribution in [1.29, 1.82) is 0 Å². The summed E-state index contributed by atoms with van der Waals surface area (Å²) in [5.41, 5.74) is 9.15. The van der Waals surface area contributed by atoms with Crippen LogP contribution in [0.25, 0.3) is 0 Å². The molecule has 0 aromatic heterocycles. The predicted molar refractivity (Wildman–Crippen MR) is 79.0 cm³/mol. The molecular weight excluding hydrogens is 239 g/mol. The van der Waals surface area contributed by atoms with Crippen LogP contribution in [0, 0.1) is 18.2 Å². The third kappa shape index (κ3) is 3.08. The van der Waals surface area contributed by atoms with Gasteiger partial charge in [-0.3, -0.25) is 0 Å². The molecule has 0 spiro atoms. The number of nitrogens with two attached hydrogens (primary N) is 1. The van der Waals surface area contributed by atoms with Crippen LogP contribution in [0.4, 0.5) is 10.1 Å². The van der Waals surface area contributed by atoms with Crippen molar-refractivity contribution in [2.24, 2.45) is 11.1 Å². The number of rotatable bonds is 2. The first kappa shape index (κ1) is 14.3. The van der Waals surface area contributed by atoms with E-state index in [0.29, 0.717) is 11.0 Å². The highest BCUT2D eigenvalue weighted by Crippen LogP contribution is 2.35. The van der Waals surface area contributed by atoms with Crippen LogP contribution in [-0.4, -0.2) is 13.1 Å². The summed E-state index contributed by atoms with van der Waals surface area (Å²) in [6, 6.07) is 3.42. The van der Waals surface area contributed by atoms with Crippen LogP contribution < -0.4 is 10.6 Å². The number of piperidine rings is 1. The molecule has 1 aliphatic rings. The van der Waals surface area contributed by atoms with Crippen molar-refractivity contribution in [3.05, 3.63) is 29.1 Å². The fourth-order valence-electron chi connectivity index (χ4n) is 2.67. The van der Waals surface area contributed by atoms with E-state index in [1.807, 2.05) is 19.9 Å². The molecule has 1 aromatic carbocycles.